The number of rotatable bonds is 7. The zero-order valence-electron chi connectivity index (χ0n) is 14.0. The first-order chi connectivity index (χ1) is 10.4. The van der Waals surface area contributed by atoms with E-state index < -0.39 is 0 Å². The molecule has 0 atom stereocenters. The van der Waals surface area contributed by atoms with Crippen molar-refractivity contribution in [1.82, 2.24) is 5.43 Å². The summed E-state index contributed by atoms with van der Waals surface area (Å²) in [6.07, 6.45) is 0.829. The van der Waals surface area contributed by atoms with Gasteiger partial charge in [0.1, 0.15) is 0 Å². The topological polar surface area (TPSA) is 69.2 Å². The molecule has 122 valence electrons. The molecular formula is C16H24N2O4. The normalized spacial score (nSPS) is 11.3. The number of hydrogen-bond acceptors (Lipinski definition) is 5. The second-order valence-electron chi connectivity index (χ2n) is 5.30. The first-order valence-corrected chi connectivity index (χ1v) is 7.06. The molecule has 6 nitrogen and oxygen atoms in total. The first-order valence-electron chi connectivity index (χ1n) is 7.06. The molecule has 0 bridgehead atoms. The fraction of sp³-hybridized carbons (Fsp3) is 0.500. The Morgan fingerprint density at radius 2 is 1.68 bits per heavy atom. The minimum absolute atomic E-state index is 0.331. The number of carbonyl (C=O) groups excluding carboxylic acids is 1. The van der Waals surface area contributed by atoms with Crippen LogP contribution in [0, 0.1) is 5.92 Å². The SMILES string of the molecule is COc1cc(C(=O)NN=C(C)CC(C)C)cc(OC)c1OC. The predicted octanol–water partition coefficient (Wildman–Crippen LogP) is 2.86. The molecular weight excluding hydrogens is 284 g/mol. The maximum atomic E-state index is 12.2. The Morgan fingerprint density at radius 3 is 2.09 bits per heavy atom. The van der Waals surface area contributed by atoms with Gasteiger partial charge in [-0.2, -0.15) is 5.10 Å². The average Bonchev–Trinajstić information content (AvgIpc) is 2.50. The Hall–Kier alpha value is -2.24. The molecule has 0 unspecified atom stereocenters. The largest absolute Gasteiger partial charge is 0.493 e. The van der Waals surface area contributed by atoms with Crippen LogP contribution in [0.3, 0.4) is 0 Å². The predicted molar refractivity (Wildman–Crippen MR) is 86.1 cm³/mol. The van der Waals surface area contributed by atoms with E-state index in [-0.39, 0.29) is 5.91 Å². The van der Waals surface area contributed by atoms with E-state index in [1.54, 1.807) is 12.1 Å². The van der Waals surface area contributed by atoms with Crippen molar-refractivity contribution < 1.29 is 19.0 Å². The second-order valence-corrected chi connectivity index (χ2v) is 5.30. The Morgan fingerprint density at radius 1 is 1.14 bits per heavy atom. The van der Waals surface area contributed by atoms with E-state index in [4.69, 9.17) is 14.2 Å². The quantitative estimate of drug-likeness (QED) is 0.621. The Labute approximate surface area is 131 Å². The number of amides is 1. The summed E-state index contributed by atoms with van der Waals surface area (Å²) in [5.74, 6) is 1.45. The molecule has 6 heteroatoms. The fourth-order valence-electron chi connectivity index (χ4n) is 2.06. The standard InChI is InChI=1S/C16H24N2O4/c1-10(2)7-11(3)17-18-16(19)12-8-13(20-4)15(22-6)14(9-12)21-5/h8-10H,7H2,1-6H3,(H,18,19). The van der Waals surface area contributed by atoms with Gasteiger partial charge >= 0.3 is 0 Å². The molecule has 0 fully saturated rings. The Kier molecular flexibility index (Phi) is 6.69. The van der Waals surface area contributed by atoms with Gasteiger partial charge in [0.15, 0.2) is 11.5 Å². The average molecular weight is 308 g/mol. The third-order valence-electron chi connectivity index (χ3n) is 2.98. The van der Waals surface area contributed by atoms with E-state index >= 15 is 0 Å². The van der Waals surface area contributed by atoms with Crippen molar-refractivity contribution in [1.29, 1.82) is 0 Å². The van der Waals surface area contributed by atoms with Gasteiger partial charge in [-0.1, -0.05) is 13.8 Å². The molecule has 0 saturated heterocycles. The van der Waals surface area contributed by atoms with E-state index in [9.17, 15) is 4.79 Å². The van der Waals surface area contributed by atoms with Gasteiger partial charge in [0.05, 0.1) is 21.3 Å². The van der Waals surface area contributed by atoms with E-state index in [2.05, 4.69) is 24.4 Å². The molecule has 1 N–H and O–H groups in total. The highest BCUT2D eigenvalue weighted by Gasteiger charge is 2.16. The number of ether oxygens (including phenoxy) is 3. The fourth-order valence-corrected chi connectivity index (χ4v) is 2.06. The van der Waals surface area contributed by atoms with Gasteiger partial charge in [-0.05, 0) is 31.4 Å². The highest BCUT2D eigenvalue weighted by atomic mass is 16.5. The molecule has 1 aromatic rings. The molecule has 1 aromatic carbocycles. The molecule has 0 saturated carbocycles. The maximum Gasteiger partial charge on any atom is 0.271 e. The molecule has 22 heavy (non-hydrogen) atoms. The number of nitrogens with one attached hydrogen (secondary N) is 1. The minimum Gasteiger partial charge on any atom is -0.493 e. The lowest BCUT2D eigenvalue weighted by atomic mass is 10.1. The van der Waals surface area contributed by atoms with E-state index in [0.29, 0.717) is 28.7 Å². The van der Waals surface area contributed by atoms with Crippen LogP contribution in [0.1, 0.15) is 37.6 Å². The van der Waals surface area contributed by atoms with Crippen LogP contribution in [0.2, 0.25) is 0 Å². The summed E-state index contributed by atoms with van der Waals surface area (Å²) < 4.78 is 15.7. The number of benzene rings is 1. The van der Waals surface area contributed by atoms with Crippen LogP contribution >= 0.6 is 0 Å². The molecule has 0 aliphatic heterocycles. The van der Waals surface area contributed by atoms with Crippen LogP contribution in [0.15, 0.2) is 17.2 Å². The van der Waals surface area contributed by atoms with Gasteiger partial charge in [-0.25, -0.2) is 5.43 Å². The molecule has 0 aromatic heterocycles. The van der Waals surface area contributed by atoms with Crippen LogP contribution in [-0.4, -0.2) is 32.9 Å². The third kappa shape index (κ3) is 4.65. The van der Waals surface area contributed by atoms with Crippen LogP contribution < -0.4 is 19.6 Å². The van der Waals surface area contributed by atoms with Crippen LogP contribution in [0.25, 0.3) is 0 Å². The summed E-state index contributed by atoms with van der Waals surface area (Å²) in [7, 11) is 4.52. The van der Waals surface area contributed by atoms with Crippen LogP contribution in [0.4, 0.5) is 0 Å². The summed E-state index contributed by atoms with van der Waals surface area (Å²) in [6.45, 7) is 6.08. The molecule has 0 heterocycles. The zero-order valence-corrected chi connectivity index (χ0v) is 14.0. The number of hydrazone groups is 1. The van der Waals surface area contributed by atoms with Crippen molar-refractivity contribution >= 4 is 11.6 Å². The molecule has 1 rings (SSSR count). The van der Waals surface area contributed by atoms with Gasteiger partial charge in [-0.3, -0.25) is 4.79 Å². The number of hydrogen-bond donors (Lipinski definition) is 1. The van der Waals surface area contributed by atoms with Gasteiger partial charge in [0, 0.05) is 11.3 Å². The molecule has 0 radical (unpaired) electrons. The third-order valence-corrected chi connectivity index (χ3v) is 2.98. The van der Waals surface area contributed by atoms with Gasteiger partial charge in [0.25, 0.3) is 5.91 Å². The maximum absolute atomic E-state index is 12.2. The lowest BCUT2D eigenvalue weighted by molar-refractivity contribution is 0.0954. The van der Waals surface area contributed by atoms with Crippen molar-refractivity contribution in [3.63, 3.8) is 0 Å². The van der Waals surface area contributed by atoms with Gasteiger partial charge in [0.2, 0.25) is 5.75 Å². The van der Waals surface area contributed by atoms with Crippen LogP contribution in [-0.2, 0) is 0 Å². The summed E-state index contributed by atoms with van der Waals surface area (Å²) in [6, 6.07) is 3.17. The summed E-state index contributed by atoms with van der Waals surface area (Å²) in [5.41, 5.74) is 3.80. The van der Waals surface area contributed by atoms with E-state index in [1.165, 1.54) is 21.3 Å². The lowest BCUT2D eigenvalue weighted by Gasteiger charge is -2.13. The van der Waals surface area contributed by atoms with E-state index in [0.717, 1.165) is 12.1 Å². The molecule has 0 aliphatic rings. The van der Waals surface area contributed by atoms with Crippen molar-refractivity contribution in [2.45, 2.75) is 27.2 Å². The van der Waals surface area contributed by atoms with Gasteiger partial charge < -0.3 is 14.2 Å². The zero-order chi connectivity index (χ0) is 16.7. The summed E-state index contributed by atoms with van der Waals surface area (Å²) in [5, 5.41) is 4.10. The van der Waals surface area contributed by atoms with E-state index in [1.807, 2.05) is 6.92 Å². The first kappa shape index (κ1) is 17.8. The Balaban J connectivity index is 2.99. The van der Waals surface area contributed by atoms with Crippen molar-refractivity contribution in [2.75, 3.05) is 21.3 Å². The highest BCUT2D eigenvalue weighted by Crippen LogP contribution is 2.38. The number of methoxy groups -OCH3 is 3. The summed E-state index contributed by atoms with van der Waals surface area (Å²) in [4.78, 5) is 12.2. The van der Waals surface area contributed by atoms with Crippen molar-refractivity contribution in [3.05, 3.63) is 17.7 Å². The Bertz CT molecular complexity index is 528. The lowest BCUT2D eigenvalue weighted by Crippen LogP contribution is -2.19. The monoisotopic (exact) mass is 308 g/mol. The minimum atomic E-state index is -0.331. The van der Waals surface area contributed by atoms with Crippen molar-refractivity contribution in [2.24, 2.45) is 11.0 Å². The van der Waals surface area contributed by atoms with Crippen molar-refractivity contribution in [3.8, 4) is 17.2 Å². The second kappa shape index (κ2) is 8.26. The molecule has 0 spiro atoms. The molecule has 1 amide bonds. The van der Waals surface area contributed by atoms with Crippen LogP contribution in [0.5, 0.6) is 17.2 Å². The number of nitrogens with zero attached hydrogens (tertiary/aromatic N) is 1. The highest BCUT2D eigenvalue weighted by molar-refractivity contribution is 5.96. The van der Waals surface area contributed by atoms with Gasteiger partial charge in [-0.15, -0.1) is 0 Å². The smallest absolute Gasteiger partial charge is 0.271 e. The summed E-state index contributed by atoms with van der Waals surface area (Å²) >= 11 is 0. The molecule has 0 aliphatic carbocycles. The number of carbonyl (C=O) groups is 1.